The van der Waals surface area contributed by atoms with E-state index < -0.39 is 0 Å². The Morgan fingerprint density at radius 2 is 1.68 bits per heavy atom. The number of benzene rings is 2. The lowest BCUT2D eigenvalue weighted by Crippen LogP contribution is -2.09. The fourth-order valence-corrected chi connectivity index (χ4v) is 3.24. The van der Waals surface area contributed by atoms with Crippen LogP contribution >= 0.6 is 0 Å². The van der Waals surface area contributed by atoms with Crippen LogP contribution in [0.4, 0.5) is 11.4 Å². The summed E-state index contributed by atoms with van der Waals surface area (Å²) in [6, 6.07) is 12.9. The normalized spacial score (nSPS) is 10.8. The predicted octanol–water partition coefficient (Wildman–Crippen LogP) is 3.85. The van der Waals surface area contributed by atoms with Crippen LogP contribution < -0.4 is 25.1 Å². The molecule has 0 unspecified atom stereocenters. The van der Waals surface area contributed by atoms with Gasteiger partial charge in [-0.25, -0.2) is 4.98 Å². The number of pyridine rings is 2. The van der Waals surface area contributed by atoms with Crippen LogP contribution in [0, 0.1) is 0 Å². The average Bonchev–Trinajstić information content (AvgIpc) is 2.73. The first-order valence-corrected chi connectivity index (χ1v) is 8.62. The van der Waals surface area contributed by atoms with E-state index in [1.807, 2.05) is 30.3 Å². The van der Waals surface area contributed by atoms with Crippen molar-refractivity contribution in [2.45, 2.75) is 0 Å². The molecule has 0 fully saturated rings. The van der Waals surface area contributed by atoms with E-state index in [1.54, 1.807) is 32.5 Å². The van der Waals surface area contributed by atoms with Gasteiger partial charge in [0.2, 0.25) is 0 Å². The first kappa shape index (κ1) is 17.7. The number of ether oxygens (including phenoxy) is 3. The van der Waals surface area contributed by atoms with E-state index in [1.165, 1.54) is 7.11 Å². The van der Waals surface area contributed by atoms with Crippen molar-refractivity contribution in [3.8, 4) is 17.2 Å². The molecule has 2 heterocycles. The zero-order valence-electron chi connectivity index (χ0n) is 15.7. The van der Waals surface area contributed by atoms with Crippen LogP contribution in [0.25, 0.3) is 21.8 Å². The Balaban J connectivity index is 1.99. The molecule has 0 atom stereocenters. The maximum Gasteiger partial charge on any atom is 0.257 e. The molecule has 2 N–H and O–H groups in total. The van der Waals surface area contributed by atoms with Gasteiger partial charge in [-0.15, -0.1) is 0 Å². The smallest absolute Gasteiger partial charge is 0.257 e. The minimum Gasteiger partial charge on any atom is -0.497 e. The van der Waals surface area contributed by atoms with Crippen molar-refractivity contribution in [3.05, 3.63) is 59.0 Å². The number of nitrogens with one attached hydrogen (secondary N) is 2. The molecule has 2 aromatic carbocycles. The number of hydrogen-bond donors (Lipinski definition) is 2. The standard InChI is InChI=1S/C21H19N3O4/c1-26-13-6-4-5-12(9-13)23-16-7-8-22-20-19(16)14-10-17(27-2)18(28-3)11-15(14)21(25)24-20/h4-11H,1-3H3,(H2,22,23,24,25). The average molecular weight is 377 g/mol. The van der Waals surface area contributed by atoms with Gasteiger partial charge in [-0.1, -0.05) is 6.07 Å². The minimum atomic E-state index is -0.241. The SMILES string of the molecule is COc1cccc(Nc2ccnc3[nH]c(=O)c4cc(OC)c(OC)cc4c23)c1. The number of anilines is 2. The third-order valence-corrected chi connectivity index (χ3v) is 4.57. The Morgan fingerprint density at radius 1 is 0.929 bits per heavy atom. The van der Waals surface area contributed by atoms with E-state index in [0.717, 1.165) is 27.9 Å². The molecule has 7 nitrogen and oxygen atoms in total. The number of rotatable bonds is 5. The largest absolute Gasteiger partial charge is 0.497 e. The van der Waals surface area contributed by atoms with Crippen molar-refractivity contribution in [2.24, 2.45) is 0 Å². The second-order valence-electron chi connectivity index (χ2n) is 6.15. The Kier molecular flexibility index (Phi) is 4.49. The Bertz CT molecular complexity index is 1230. The van der Waals surface area contributed by atoms with Crippen LogP contribution in [0.2, 0.25) is 0 Å². The van der Waals surface area contributed by atoms with E-state index in [4.69, 9.17) is 14.2 Å². The molecule has 0 aliphatic carbocycles. The number of fused-ring (bicyclic) bond motifs is 3. The van der Waals surface area contributed by atoms with Gasteiger partial charge in [0.15, 0.2) is 11.5 Å². The lowest BCUT2D eigenvalue weighted by Gasteiger charge is -2.14. The monoisotopic (exact) mass is 377 g/mol. The van der Waals surface area contributed by atoms with E-state index in [-0.39, 0.29) is 5.56 Å². The Morgan fingerprint density at radius 3 is 2.39 bits per heavy atom. The fourth-order valence-electron chi connectivity index (χ4n) is 3.24. The van der Waals surface area contributed by atoms with Gasteiger partial charge in [0, 0.05) is 28.7 Å². The number of aromatic amines is 1. The van der Waals surface area contributed by atoms with E-state index in [2.05, 4.69) is 15.3 Å². The highest BCUT2D eigenvalue weighted by Gasteiger charge is 2.15. The van der Waals surface area contributed by atoms with Crippen LogP contribution in [0.5, 0.6) is 17.2 Å². The van der Waals surface area contributed by atoms with Gasteiger partial charge >= 0.3 is 0 Å². The highest BCUT2D eigenvalue weighted by Crippen LogP contribution is 2.36. The molecule has 0 amide bonds. The maximum atomic E-state index is 12.6. The van der Waals surface area contributed by atoms with Crippen molar-refractivity contribution in [3.63, 3.8) is 0 Å². The molecule has 0 radical (unpaired) electrons. The topological polar surface area (TPSA) is 85.5 Å². The summed E-state index contributed by atoms with van der Waals surface area (Å²) in [7, 11) is 4.72. The lowest BCUT2D eigenvalue weighted by molar-refractivity contribution is 0.356. The molecule has 28 heavy (non-hydrogen) atoms. The Hall–Kier alpha value is -3.74. The summed E-state index contributed by atoms with van der Waals surface area (Å²) >= 11 is 0. The molecule has 0 aliphatic heterocycles. The zero-order valence-corrected chi connectivity index (χ0v) is 15.7. The molecular weight excluding hydrogens is 358 g/mol. The summed E-state index contributed by atoms with van der Waals surface area (Å²) in [6.07, 6.45) is 1.65. The molecule has 4 rings (SSSR count). The predicted molar refractivity (Wildman–Crippen MR) is 109 cm³/mol. The van der Waals surface area contributed by atoms with Crippen molar-refractivity contribution in [2.75, 3.05) is 26.6 Å². The number of H-pyrrole nitrogens is 1. The molecule has 7 heteroatoms. The van der Waals surface area contributed by atoms with Crippen molar-refractivity contribution in [1.82, 2.24) is 9.97 Å². The van der Waals surface area contributed by atoms with Crippen molar-refractivity contribution < 1.29 is 14.2 Å². The van der Waals surface area contributed by atoms with Gasteiger partial charge < -0.3 is 24.5 Å². The highest BCUT2D eigenvalue weighted by atomic mass is 16.5. The molecule has 0 saturated heterocycles. The van der Waals surface area contributed by atoms with Gasteiger partial charge in [-0.2, -0.15) is 0 Å². The second-order valence-corrected chi connectivity index (χ2v) is 6.15. The van der Waals surface area contributed by atoms with E-state index >= 15 is 0 Å². The summed E-state index contributed by atoms with van der Waals surface area (Å²) in [6.45, 7) is 0. The second kappa shape index (κ2) is 7.11. The molecule has 142 valence electrons. The third-order valence-electron chi connectivity index (χ3n) is 4.57. The lowest BCUT2D eigenvalue weighted by atomic mass is 10.1. The summed E-state index contributed by atoms with van der Waals surface area (Å²) in [5.74, 6) is 1.78. The van der Waals surface area contributed by atoms with Gasteiger partial charge in [0.25, 0.3) is 5.56 Å². The van der Waals surface area contributed by atoms with Gasteiger partial charge in [0.05, 0.1) is 32.4 Å². The number of hydrogen-bond acceptors (Lipinski definition) is 6. The minimum absolute atomic E-state index is 0.241. The zero-order chi connectivity index (χ0) is 19.7. The molecule has 0 spiro atoms. The number of methoxy groups -OCH3 is 3. The molecule has 4 aromatic rings. The van der Waals surface area contributed by atoms with Gasteiger partial charge in [-0.3, -0.25) is 4.79 Å². The summed E-state index contributed by atoms with van der Waals surface area (Å²) in [5.41, 5.74) is 1.89. The molecule has 0 aliphatic rings. The number of aromatic nitrogens is 2. The van der Waals surface area contributed by atoms with Crippen molar-refractivity contribution >= 4 is 33.2 Å². The highest BCUT2D eigenvalue weighted by molar-refractivity contribution is 6.11. The summed E-state index contributed by atoms with van der Waals surface area (Å²) in [4.78, 5) is 19.8. The fraction of sp³-hybridized carbons (Fsp3) is 0.143. The van der Waals surface area contributed by atoms with Gasteiger partial charge in [0.1, 0.15) is 11.4 Å². The molecular formula is C21H19N3O4. The number of nitrogens with zero attached hydrogens (tertiary/aromatic N) is 1. The van der Waals surface area contributed by atoms with Gasteiger partial charge in [-0.05, 0) is 30.3 Å². The van der Waals surface area contributed by atoms with E-state index in [9.17, 15) is 4.79 Å². The first-order valence-electron chi connectivity index (χ1n) is 8.62. The Labute approximate surface area is 160 Å². The maximum absolute atomic E-state index is 12.6. The summed E-state index contributed by atoms with van der Waals surface area (Å²) in [5, 5.41) is 5.37. The summed E-state index contributed by atoms with van der Waals surface area (Å²) < 4.78 is 16.1. The third kappa shape index (κ3) is 2.96. The molecule has 0 saturated carbocycles. The van der Waals surface area contributed by atoms with Crippen LogP contribution in [-0.4, -0.2) is 31.3 Å². The van der Waals surface area contributed by atoms with Crippen molar-refractivity contribution in [1.29, 1.82) is 0 Å². The van der Waals surface area contributed by atoms with Crippen LogP contribution in [0.15, 0.2) is 53.5 Å². The van der Waals surface area contributed by atoms with Crippen LogP contribution in [0.3, 0.4) is 0 Å². The van der Waals surface area contributed by atoms with Crippen LogP contribution in [0.1, 0.15) is 0 Å². The molecule has 2 aromatic heterocycles. The quantitative estimate of drug-likeness (QED) is 0.514. The van der Waals surface area contributed by atoms with E-state index in [0.29, 0.717) is 22.5 Å². The van der Waals surface area contributed by atoms with Crippen LogP contribution in [-0.2, 0) is 0 Å². The first-order chi connectivity index (χ1) is 13.6. The molecule has 0 bridgehead atoms.